The van der Waals surface area contributed by atoms with E-state index in [1.165, 1.54) is 0 Å². The van der Waals surface area contributed by atoms with Crippen molar-refractivity contribution in [3.05, 3.63) is 24.3 Å². The summed E-state index contributed by atoms with van der Waals surface area (Å²) in [6, 6.07) is 7.26. The summed E-state index contributed by atoms with van der Waals surface area (Å²) >= 11 is 0. The number of nitrogens with two attached hydrogens (primary N) is 1. The number of ether oxygens (including phenoxy) is 1. The van der Waals surface area contributed by atoms with E-state index in [0.29, 0.717) is 6.42 Å². The first-order valence-corrected chi connectivity index (χ1v) is 6.33. The lowest BCUT2D eigenvalue weighted by Gasteiger charge is -2.11. The molecule has 0 radical (unpaired) electrons. The van der Waals surface area contributed by atoms with Crippen molar-refractivity contribution in [2.75, 3.05) is 5.32 Å². The van der Waals surface area contributed by atoms with Gasteiger partial charge in [-0.2, -0.15) is 0 Å². The number of nitrogens with one attached hydrogen (secondary N) is 1. The Morgan fingerprint density at radius 1 is 1.33 bits per heavy atom. The first kappa shape index (κ1) is 14.5. The maximum absolute atomic E-state index is 11.6. The van der Waals surface area contributed by atoms with Gasteiger partial charge >= 0.3 is 0 Å². The Balaban J connectivity index is 2.50. The first-order chi connectivity index (χ1) is 8.51. The topological polar surface area (TPSA) is 64.4 Å². The molecule has 4 heteroatoms. The van der Waals surface area contributed by atoms with Crippen LogP contribution in [0.4, 0.5) is 5.69 Å². The van der Waals surface area contributed by atoms with E-state index in [4.69, 9.17) is 10.5 Å². The molecule has 1 aromatic carbocycles. The monoisotopic (exact) mass is 250 g/mol. The van der Waals surface area contributed by atoms with Gasteiger partial charge in [0.25, 0.3) is 0 Å². The van der Waals surface area contributed by atoms with Crippen LogP contribution >= 0.6 is 0 Å². The third-order valence-electron chi connectivity index (χ3n) is 2.48. The number of rotatable bonds is 6. The Labute approximate surface area is 109 Å². The molecule has 0 spiro atoms. The van der Waals surface area contributed by atoms with Crippen molar-refractivity contribution >= 4 is 11.6 Å². The van der Waals surface area contributed by atoms with Gasteiger partial charge in [0.05, 0.1) is 6.10 Å². The van der Waals surface area contributed by atoms with Crippen LogP contribution in [0.15, 0.2) is 24.3 Å². The maximum Gasteiger partial charge on any atom is 0.225 e. The van der Waals surface area contributed by atoms with Crippen molar-refractivity contribution < 1.29 is 9.53 Å². The summed E-state index contributed by atoms with van der Waals surface area (Å²) in [5, 5.41) is 2.81. The molecule has 1 atom stereocenters. The van der Waals surface area contributed by atoms with E-state index in [1.807, 2.05) is 45.0 Å². The average Bonchev–Trinajstić information content (AvgIpc) is 2.30. The zero-order valence-corrected chi connectivity index (χ0v) is 11.3. The third kappa shape index (κ3) is 5.19. The minimum atomic E-state index is -0.0754. The summed E-state index contributed by atoms with van der Waals surface area (Å²) in [5.74, 6) is 0.745. The van der Waals surface area contributed by atoms with Crippen molar-refractivity contribution in [3.63, 3.8) is 0 Å². The largest absolute Gasteiger partial charge is 0.491 e. The van der Waals surface area contributed by atoms with Crippen LogP contribution in [-0.4, -0.2) is 18.1 Å². The van der Waals surface area contributed by atoms with Crippen LogP contribution in [0.3, 0.4) is 0 Å². The molecule has 4 nitrogen and oxygen atoms in total. The van der Waals surface area contributed by atoms with Crippen LogP contribution in [0, 0.1) is 0 Å². The lowest BCUT2D eigenvalue weighted by molar-refractivity contribution is -0.116. The number of hydrogen-bond acceptors (Lipinski definition) is 3. The zero-order chi connectivity index (χ0) is 13.5. The third-order valence-corrected chi connectivity index (χ3v) is 2.48. The predicted octanol–water partition coefficient (Wildman–Crippen LogP) is 2.54. The van der Waals surface area contributed by atoms with E-state index in [2.05, 4.69) is 5.32 Å². The number of carbonyl (C=O) groups is 1. The van der Waals surface area contributed by atoms with Crippen molar-refractivity contribution in [2.45, 2.75) is 45.8 Å². The Bertz CT molecular complexity index is 374. The zero-order valence-electron chi connectivity index (χ0n) is 11.3. The number of hydrogen-bond donors (Lipinski definition) is 2. The van der Waals surface area contributed by atoms with Crippen LogP contribution in [-0.2, 0) is 4.79 Å². The van der Waals surface area contributed by atoms with E-state index in [-0.39, 0.29) is 18.1 Å². The highest BCUT2D eigenvalue weighted by molar-refractivity contribution is 5.91. The summed E-state index contributed by atoms with van der Waals surface area (Å²) in [5.41, 5.74) is 6.49. The molecule has 0 aliphatic heterocycles. The van der Waals surface area contributed by atoms with Crippen molar-refractivity contribution in [3.8, 4) is 5.75 Å². The number of anilines is 1. The summed E-state index contributed by atoms with van der Waals surface area (Å²) in [6.45, 7) is 5.92. The smallest absolute Gasteiger partial charge is 0.225 e. The van der Waals surface area contributed by atoms with Gasteiger partial charge in [-0.05, 0) is 44.5 Å². The number of amides is 1. The molecular formula is C14H22N2O2. The molecule has 0 fully saturated rings. The van der Waals surface area contributed by atoms with Crippen molar-refractivity contribution in [1.29, 1.82) is 0 Å². The number of benzene rings is 1. The Morgan fingerprint density at radius 2 is 1.94 bits per heavy atom. The molecule has 0 saturated heterocycles. The van der Waals surface area contributed by atoms with E-state index in [0.717, 1.165) is 17.9 Å². The van der Waals surface area contributed by atoms with Gasteiger partial charge in [0.1, 0.15) is 5.75 Å². The standard InChI is InChI=1S/C14H22N2O2/c1-4-11(15)9-14(17)16-12-5-7-13(8-6-12)18-10(2)3/h5-8,10-11H,4,9,15H2,1-3H3,(H,16,17). The lowest BCUT2D eigenvalue weighted by Crippen LogP contribution is -2.26. The fourth-order valence-corrected chi connectivity index (χ4v) is 1.48. The van der Waals surface area contributed by atoms with E-state index in [9.17, 15) is 4.79 Å². The van der Waals surface area contributed by atoms with Gasteiger partial charge in [0.15, 0.2) is 0 Å². The summed E-state index contributed by atoms with van der Waals surface area (Å²) in [7, 11) is 0. The summed E-state index contributed by atoms with van der Waals surface area (Å²) in [4.78, 5) is 11.6. The molecule has 1 amide bonds. The molecular weight excluding hydrogens is 228 g/mol. The van der Waals surface area contributed by atoms with E-state index in [1.54, 1.807) is 0 Å². The molecule has 0 saturated carbocycles. The van der Waals surface area contributed by atoms with Crippen molar-refractivity contribution in [1.82, 2.24) is 0 Å². The molecule has 0 aliphatic carbocycles. The molecule has 0 aromatic heterocycles. The molecule has 0 aliphatic rings. The fraction of sp³-hybridized carbons (Fsp3) is 0.500. The fourth-order valence-electron chi connectivity index (χ4n) is 1.48. The van der Waals surface area contributed by atoms with Crippen LogP contribution in [0.5, 0.6) is 5.75 Å². The van der Waals surface area contributed by atoms with Gasteiger partial charge < -0.3 is 15.8 Å². The van der Waals surface area contributed by atoms with Gasteiger partial charge in [-0.3, -0.25) is 4.79 Å². The molecule has 0 bridgehead atoms. The second-order valence-electron chi connectivity index (χ2n) is 4.61. The van der Waals surface area contributed by atoms with Crippen molar-refractivity contribution in [2.24, 2.45) is 5.73 Å². The highest BCUT2D eigenvalue weighted by Gasteiger charge is 2.07. The quantitative estimate of drug-likeness (QED) is 0.815. The van der Waals surface area contributed by atoms with Gasteiger partial charge in [-0.15, -0.1) is 0 Å². The molecule has 3 N–H and O–H groups in total. The van der Waals surface area contributed by atoms with Gasteiger partial charge in [0.2, 0.25) is 5.91 Å². The Kier molecular flexibility index (Phi) is 5.65. The predicted molar refractivity (Wildman–Crippen MR) is 73.7 cm³/mol. The molecule has 0 heterocycles. The van der Waals surface area contributed by atoms with E-state index >= 15 is 0 Å². The Hall–Kier alpha value is -1.55. The molecule has 1 rings (SSSR count). The second-order valence-corrected chi connectivity index (χ2v) is 4.61. The summed E-state index contributed by atoms with van der Waals surface area (Å²) < 4.78 is 5.52. The normalized spacial score (nSPS) is 12.3. The molecule has 100 valence electrons. The minimum absolute atomic E-state index is 0.0538. The summed E-state index contributed by atoms with van der Waals surface area (Å²) in [6.07, 6.45) is 1.29. The Morgan fingerprint density at radius 3 is 2.44 bits per heavy atom. The lowest BCUT2D eigenvalue weighted by atomic mass is 10.1. The van der Waals surface area contributed by atoms with Crippen LogP contribution in [0.2, 0.25) is 0 Å². The van der Waals surface area contributed by atoms with E-state index < -0.39 is 0 Å². The molecule has 1 aromatic rings. The number of carbonyl (C=O) groups excluding carboxylic acids is 1. The maximum atomic E-state index is 11.6. The average molecular weight is 250 g/mol. The van der Waals surface area contributed by atoms with Crippen LogP contribution in [0.1, 0.15) is 33.6 Å². The SMILES string of the molecule is CCC(N)CC(=O)Nc1ccc(OC(C)C)cc1. The van der Waals surface area contributed by atoms with Gasteiger partial charge in [-0.25, -0.2) is 0 Å². The molecule has 18 heavy (non-hydrogen) atoms. The highest BCUT2D eigenvalue weighted by Crippen LogP contribution is 2.17. The second kappa shape index (κ2) is 7.01. The highest BCUT2D eigenvalue weighted by atomic mass is 16.5. The minimum Gasteiger partial charge on any atom is -0.491 e. The van der Waals surface area contributed by atoms with Gasteiger partial charge in [0, 0.05) is 18.2 Å². The van der Waals surface area contributed by atoms with Crippen LogP contribution < -0.4 is 15.8 Å². The first-order valence-electron chi connectivity index (χ1n) is 6.33. The molecule has 1 unspecified atom stereocenters. The van der Waals surface area contributed by atoms with Gasteiger partial charge in [-0.1, -0.05) is 6.92 Å². The van der Waals surface area contributed by atoms with Crippen LogP contribution in [0.25, 0.3) is 0 Å².